The Morgan fingerprint density at radius 2 is 1.84 bits per heavy atom. The zero-order valence-corrected chi connectivity index (χ0v) is 18.2. The molecule has 162 valence electrons. The van der Waals surface area contributed by atoms with Crippen molar-refractivity contribution in [3.05, 3.63) is 36.7 Å². The highest BCUT2D eigenvalue weighted by atomic mass is 16.5. The third-order valence-corrected chi connectivity index (χ3v) is 6.39. The molecule has 0 saturated carbocycles. The Morgan fingerprint density at radius 3 is 2.48 bits per heavy atom. The molecule has 31 heavy (non-hydrogen) atoms. The van der Waals surface area contributed by atoms with Gasteiger partial charge < -0.3 is 15.0 Å². The first-order chi connectivity index (χ1) is 15.1. The number of aromatic amines is 1. The quantitative estimate of drug-likeness (QED) is 0.629. The summed E-state index contributed by atoms with van der Waals surface area (Å²) in [5, 5.41) is 19.3. The first kappa shape index (κ1) is 19.9. The van der Waals surface area contributed by atoms with Crippen LogP contribution in [0.5, 0.6) is 5.88 Å². The standard InChI is InChI=1S/C23H29N7O/c1-14(2)31-23-19(15-12-24-25-13-15)6-7-20(27-23)21-8-9-22(29-28-21)26-16-10-17-4-5-18(11-16)30(17)3/h6-9,12-14,16-18H,4-5,10-11H2,1-3H3,(H,24,25)(H,26,29). The maximum Gasteiger partial charge on any atom is 0.222 e. The van der Waals surface area contributed by atoms with Crippen molar-refractivity contribution in [1.82, 2.24) is 30.3 Å². The minimum Gasteiger partial charge on any atom is -0.474 e. The van der Waals surface area contributed by atoms with Gasteiger partial charge in [-0.25, -0.2) is 4.98 Å². The van der Waals surface area contributed by atoms with Gasteiger partial charge in [0.25, 0.3) is 0 Å². The molecule has 3 aromatic heterocycles. The van der Waals surface area contributed by atoms with E-state index in [1.165, 1.54) is 25.7 Å². The third kappa shape index (κ3) is 4.12. The molecular weight excluding hydrogens is 390 g/mol. The molecule has 3 aromatic rings. The fourth-order valence-electron chi connectivity index (χ4n) is 4.80. The average Bonchev–Trinajstić information content (AvgIpc) is 3.34. The largest absolute Gasteiger partial charge is 0.474 e. The van der Waals surface area contributed by atoms with Crippen LogP contribution in [-0.4, -0.2) is 61.6 Å². The molecule has 2 saturated heterocycles. The lowest BCUT2D eigenvalue weighted by atomic mass is 9.98. The zero-order valence-electron chi connectivity index (χ0n) is 18.2. The Hall–Kier alpha value is -3.00. The minimum atomic E-state index is 0.0101. The van der Waals surface area contributed by atoms with E-state index in [0.717, 1.165) is 28.3 Å². The number of piperidine rings is 1. The molecule has 0 aromatic carbocycles. The molecule has 0 spiro atoms. The van der Waals surface area contributed by atoms with Crippen LogP contribution in [-0.2, 0) is 0 Å². The molecule has 2 aliphatic rings. The zero-order chi connectivity index (χ0) is 21.4. The predicted molar refractivity (Wildman–Crippen MR) is 120 cm³/mol. The Balaban J connectivity index is 1.33. The van der Waals surface area contributed by atoms with Crippen LogP contribution in [0.2, 0.25) is 0 Å². The number of pyridine rings is 1. The molecule has 5 heterocycles. The molecule has 2 atom stereocenters. The maximum absolute atomic E-state index is 5.97. The van der Waals surface area contributed by atoms with Gasteiger partial charge in [0.1, 0.15) is 11.5 Å². The first-order valence-corrected chi connectivity index (χ1v) is 11.1. The number of nitrogens with zero attached hydrogens (tertiary/aromatic N) is 5. The lowest BCUT2D eigenvalue weighted by molar-refractivity contribution is 0.168. The van der Waals surface area contributed by atoms with Crippen LogP contribution in [0.1, 0.15) is 39.5 Å². The van der Waals surface area contributed by atoms with Crippen LogP contribution in [0.15, 0.2) is 36.7 Å². The van der Waals surface area contributed by atoms with Crippen molar-refractivity contribution in [1.29, 1.82) is 0 Å². The van der Waals surface area contributed by atoms with Gasteiger partial charge in [-0.15, -0.1) is 10.2 Å². The number of H-pyrrole nitrogens is 1. The summed E-state index contributed by atoms with van der Waals surface area (Å²) in [6, 6.07) is 9.76. The van der Waals surface area contributed by atoms with E-state index in [9.17, 15) is 0 Å². The molecule has 2 aliphatic heterocycles. The summed E-state index contributed by atoms with van der Waals surface area (Å²) in [6.07, 6.45) is 8.57. The molecule has 8 heteroatoms. The van der Waals surface area contributed by atoms with Crippen molar-refractivity contribution < 1.29 is 4.74 Å². The lowest BCUT2D eigenvalue weighted by Crippen LogP contribution is -2.44. The molecule has 0 amide bonds. The number of anilines is 1. The fraction of sp³-hybridized carbons (Fsp3) is 0.478. The number of aromatic nitrogens is 5. The Kier molecular flexibility index (Phi) is 5.31. The van der Waals surface area contributed by atoms with E-state index in [4.69, 9.17) is 9.72 Å². The van der Waals surface area contributed by atoms with Crippen molar-refractivity contribution in [2.45, 2.75) is 63.8 Å². The van der Waals surface area contributed by atoms with Gasteiger partial charge in [0, 0.05) is 35.4 Å². The molecule has 0 radical (unpaired) electrons. The van der Waals surface area contributed by atoms with Crippen LogP contribution in [0.3, 0.4) is 0 Å². The Labute approximate surface area is 182 Å². The van der Waals surface area contributed by atoms with Gasteiger partial charge in [0.05, 0.1) is 18.0 Å². The summed E-state index contributed by atoms with van der Waals surface area (Å²) in [5.74, 6) is 1.39. The Bertz CT molecular complexity index is 1000. The highest BCUT2D eigenvalue weighted by molar-refractivity contribution is 5.70. The van der Waals surface area contributed by atoms with Crippen LogP contribution in [0.25, 0.3) is 22.5 Å². The molecule has 0 aliphatic carbocycles. The van der Waals surface area contributed by atoms with Crippen molar-refractivity contribution >= 4 is 5.82 Å². The molecule has 5 rings (SSSR count). The van der Waals surface area contributed by atoms with Crippen LogP contribution in [0, 0.1) is 0 Å². The van der Waals surface area contributed by atoms with Crippen molar-refractivity contribution in [2.24, 2.45) is 0 Å². The lowest BCUT2D eigenvalue weighted by Gasteiger charge is -2.36. The van der Waals surface area contributed by atoms with E-state index in [1.807, 2.05) is 44.3 Å². The number of rotatable bonds is 6. The van der Waals surface area contributed by atoms with Crippen LogP contribution >= 0.6 is 0 Å². The van der Waals surface area contributed by atoms with Gasteiger partial charge in [-0.2, -0.15) is 5.10 Å². The van der Waals surface area contributed by atoms with Gasteiger partial charge in [0.2, 0.25) is 5.88 Å². The molecule has 8 nitrogen and oxygen atoms in total. The normalized spacial score (nSPS) is 23.3. The van der Waals surface area contributed by atoms with Gasteiger partial charge in [-0.3, -0.25) is 5.10 Å². The van der Waals surface area contributed by atoms with E-state index < -0.39 is 0 Å². The molecular formula is C23H29N7O. The van der Waals surface area contributed by atoms with Crippen molar-refractivity contribution in [2.75, 3.05) is 12.4 Å². The highest BCUT2D eigenvalue weighted by Gasteiger charge is 2.38. The maximum atomic E-state index is 5.97. The fourth-order valence-corrected chi connectivity index (χ4v) is 4.80. The summed E-state index contributed by atoms with van der Waals surface area (Å²) < 4.78 is 5.97. The molecule has 2 fully saturated rings. The van der Waals surface area contributed by atoms with Crippen LogP contribution < -0.4 is 10.1 Å². The van der Waals surface area contributed by atoms with Gasteiger partial charge in [-0.1, -0.05) is 0 Å². The second-order valence-corrected chi connectivity index (χ2v) is 8.87. The number of hydrogen-bond donors (Lipinski definition) is 2. The predicted octanol–water partition coefficient (Wildman–Crippen LogP) is 3.75. The van der Waals surface area contributed by atoms with Gasteiger partial charge in [-0.05, 0) is 70.8 Å². The second-order valence-electron chi connectivity index (χ2n) is 8.87. The van der Waals surface area contributed by atoms with Gasteiger partial charge in [0.15, 0.2) is 0 Å². The van der Waals surface area contributed by atoms with E-state index in [1.54, 1.807) is 6.20 Å². The topological polar surface area (TPSA) is 91.8 Å². The summed E-state index contributed by atoms with van der Waals surface area (Å²) in [6.45, 7) is 3.98. The van der Waals surface area contributed by atoms with Gasteiger partial charge >= 0.3 is 0 Å². The molecule has 2 unspecified atom stereocenters. The monoisotopic (exact) mass is 419 g/mol. The average molecular weight is 420 g/mol. The number of fused-ring (bicyclic) bond motifs is 2. The summed E-state index contributed by atoms with van der Waals surface area (Å²) in [5.41, 5.74) is 3.29. The Morgan fingerprint density at radius 1 is 1.06 bits per heavy atom. The first-order valence-electron chi connectivity index (χ1n) is 11.1. The molecule has 2 N–H and O–H groups in total. The van der Waals surface area contributed by atoms with E-state index in [0.29, 0.717) is 24.0 Å². The summed E-state index contributed by atoms with van der Waals surface area (Å²) in [7, 11) is 2.26. The number of nitrogens with one attached hydrogen (secondary N) is 2. The summed E-state index contributed by atoms with van der Waals surface area (Å²) >= 11 is 0. The van der Waals surface area contributed by atoms with Crippen molar-refractivity contribution in [3.63, 3.8) is 0 Å². The summed E-state index contributed by atoms with van der Waals surface area (Å²) in [4.78, 5) is 7.27. The molecule has 2 bridgehead atoms. The SMILES string of the molecule is CC(C)Oc1nc(-c2ccc(NC3CC4CCC(C3)N4C)nn2)ccc1-c1cn[nH]c1. The van der Waals surface area contributed by atoms with E-state index in [2.05, 4.69) is 37.7 Å². The van der Waals surface area contributed by atoms with Crippen LogP contribution in [0.4, 0.5) is 5.82 Å². The minimum absolute atomic E-state index is 0.0101. The highest BCUT2D eigenvalue weighted by Crippen LogP contribution is 2.35. The van der Waals surface area contributed by atoms with Crippen molar-refractivity contribution in [3.8, 4) is 28.4 Å². The van der Waals surface area contributed by atoms with E-state index >= 15 is 0 Å². The third-order valence-electron chi connectivity index (χ3n) is 6.39. The number of hydrogen-bond acceptors (Lipinski definition) is 7. The smallest absolute Gasteiger partial charge is 0.222 e. The second kappa shape index (κ2) is 8.26. The van der Waals surface area contributed by atoms with E-state index in [-0.39, 0.29) is 6.10 Å². The number of ether oxygens (including phenoxy) is 1.